The van der Waals surface area contributed by atoms with Crippen molar-refractivity contribution in [2.75, 3.05) is 6.61 Å². The maximum atomic E-state index is 13.0. The molecule has 0 aliphatic heterocycles. The molecule has 1 fully saturated rings. The molecule has 1 saturated carbocycles. The Bertz CT molecular complexity index is 871. The summed E-state index contributed by atoms with van der Waals surface area (Å²) in [4.78, 5) is 30.1. The highest BCUT2D eigenvalue weighted by Crippen LogP contribution is 2.21. The number of aliphatic hydroxyl groups excluding tert-OH is 1. The molecule has 1 heterocycles. The van der Waals surface area contributed by atoms with Crippen LogP contribution in [0.2, 0.25) is 5.02 Å². The van der Waals surface area contributed by atoms with Crippen LogP contribution in [0.3, 0.4) is 0 Å². The predicted octanol–water partition coefficient (Wildman–Crippen LogP) is 2.47. The fourth-order valence-electron chi connectivity index (χ4n) is 3.55. The molecule has 2 N–H and O–H groups in total. The predicted molar refractivity (Wildman–Crippen MR) is 105 cm³/mol. The second kappa shape index (κ2) is 8.67. The van der Waals surface area contributed by atoms with E-state index in [0.29, 0.717) is 27.7 Å². The first-order valence-electron chi connectivity index (χ1n) is 9.26. The summed E-state index contributed by atoms with van der Waals surface area (Å²) < 4.78 is 1.39. The lowest BCUT2D eigenvalue weighted by molar-refractivity contribution is -0.122. The van der Waals surface area contributed by atoms with Crippen molar-refractivity contribution >= 4 is 17.5 Å². The third kappa shape index (κ3) is 4.57. The summed E-state index contributed by atoms with van der Waals surface area (Å²) >= 11 is 5.97. The molecule has 1 aliphatic carbocycles. The van der Waals surface area contributed by atoms with Gasteiger partial charge in [-0.1, -0.05) is 24.4 Å². The number of rotatable bonds is 6. The molecular formula is C20H24ClN3O3. The number of amides is 1. The van der Waals surface area contributed by atoms with Crippen molar-refractivity contribution < 1.29 is 9.90 Å². The number of aromatic nitrogens is 2. The molecular weight excluding hydrogens is 366 g/mol. The van der Waals surface area contributed by atoms with Gasteiger partial charge in [-0.3, -0.25) is 14.2 Å². The molecule has 2 aromatic rings. The Morgan fingerprint density at radius 3 is 2.59 bits per heavy atom. The average Bonchev–Trinajstić information content (AvgIpc) is 3.14. The summed E-state index contributed by atoms with van der Waals surface area (Å²) in [6.07, 6.45) is 4.41. The van der Waals surface area contributed by atoms with Crippen LogP contribution in [-0.2, 0) is 17.8 Å². The lowest BCUT2D eigenvalue weighted by Crippen LogP contribution is -2.39. The lowest BCUT2D eigenvalue weighted by Gasteiger charge is -2.17. The van der Waals surface area contributed by atoms with Crippen molar-refractivity contribution in [1.29, 1.82) is 0 Å². The first-order valence-corrected chi connectivity index (χ1v) is 9.64. The van der Waals surface area contributed by atoms with Crippen molar-refractivity contribution in [3.63, 3.8) is 0 Å². The molecule has 0 atom stereocenters. The lowest BCUT2D eigenvalue weighted by atomic mass is 10.1. The minimum absolute atomic E-state index is 0.0982. The first-order chi connectivity index (χ1) is 13.0. The second-order valence-corrected chi connectivity index (χ2v) is 7.36. The zero-order valence-electron chi connectivity index (χ0n) is 15.4. The molecule has 0 saturated heterocycles. The van der Waals surface area contributed by atoms with E-state index in [1.54, 1.807) is 31.2 Å². The van der Waals surface area contributed by atoms with Crippen LogP contribution >= 0.6 is 11.6 Å². The number of halogens is 1. The normalized spacial score (nSPS) is 14.5. The van der Waals surface area contributed by atoms with Crippen molar-refractivity contribution in [2.45, 2.75) is 51.6 Å². The van der Waals surface area contributed by atoms with E-state index in [1.807, 2.05) is 0 Å². The number of aryl methyl sites for hydroxylation is 1. The number of hydrogen-bond donors (Lipinski definition) is 2. The van der Waals surface area contributed by atoms with Gasteiger partial charge in [0.2, 0.25) is 5.91 Å². The molecule has 1 amide bonds. The van der Waals surface area contributed by atoms with E-state index in [9.17, 15) is 14.7 Å². The van der Waals surface area contributed by atoms with E-state index >= 15 is 0 Å². The first kappa shape index (κ1) is 19.6. The summed E-state index contributed by atoms with van der Waals surface area (Å²) in [7, 11) is 0. The van der Waals surface area contributed by atoms with Crippen LogP contribution in [0.5, 0.6) is 0 Å². The smallest absolute Gasteiger partial charge is 0.257 e. The third-order valence-electron chi connectivity index (χ3n) is 4.96. The van der Waals surface area contributed by atoms with Crippen molar-refractivity contribution in [3.8, 4) is 11.4 Å². The Hall–Kier alpha value is -2.18. The molecule has 0 bridgehead atoms. The monoisotopic (exact) mass is 389 g/mol. The van der Waals surface area contributed by atoms with Gasteiger partial charge < -0.3 is 10.4 Å². The van der Waals surface area contributed by atoms with Gasteiger partial charge in [0.1, 0.15) is 12.4 Å². The van der Waals surface area contributed by atoms with Gasteiger partial charge in [-0.05, 0) is 44.0 Å². The van der Waals surface area contributed by atoms with Crippen molar-refractivity contribution in [1.82, 2.24) is 14.9 Å². The molecule has 6 nitrogen and oxygen atoms in total. The molecule has 7 heteroatoms. The second-order valence-electron chi connectivity index (χ2n) is 6.92. The standard InChI is InChI=1S/C20H24ClN3O3/c1-13-17(10-11-25)20(27)24(12-18(26)23-16-4-2-3-5-16)19(22-13)14-6-8-15(21)9-7-14/h6-9,16,25H,2-5,10-12H2,1H3,(H,23,26). The summed E-state index contributed by atoms with van der Waals surface area (Å²) in [6, 6.07) is 7.19. The number of benzene rings is 1. The Morgan fingerprint density at radius 1 is 1.30 bits per heavy atom. The van der Waals surface area contributed by atoms with Crippen LogP contribution in [0, 0.1) is 6.92 Å². The molecule has 0 radical (unpaired) electrons. The van der Waals surface area contributed by atoms with Crippen molar-refractivity contribution in [3.05, 3.63) is 50.9 Å². The molecule has 1 aliphatic rings. The fraction of sp³-hybridized carbons (Fsp3) is 0.450. The quantitative estimate of drug-likeness (QED) is 0.794. The Kier molecular flexibility index (Phi) is 6.29. The van der Waals surface area contributed by atoms with Crippen LogP contribution < -0.4 is 10.9 Å². The minimum atomic E-state index is -0.289. The van der Waals surface area contributed by atoms with Crippen LogP contribution in [0.1, 0.15) is 36.9 Å². The van der Waals surface area contributed by atoms with E-state index in [4.69, 9.17) is 11.6 Å². The molecule has 1 aromatic heterocycles. The molecule has 1 aromatic carbocycles. The van der Waals surface area contributed by atoms with Crippen LogP contribution in [0.4, 0.5) is 0 Å². The molecule has 144 valence electrons. The fourth-order valence-corrected chi connectivity index (χ4v) is 3.68. The van der Waals surface area contributed by atoms with E-state index < -0.39 is 0 Å². The largest absolute Gasteiger partial charge is 0.396 e. The average molecular weight is 390 g/mol. The van der Waals surface area contributed by atoms with Crippen LogP contribution in [-0.4, -0.2) is 33.2 Å². The Balaban J connectivity index is 1.99. The molecule has 0 unspecified atom stereocenters. The van der Waals surface area contributed by atoms with Crippen LogP contribution in [0.15, 0.2) is 29.1 Å². The SMILES string of the molecule is Cc1nc(-c2ccc(Cl)cc2)n(CC(=O)NC2CCCC2)c(=O)c1CCO. The molecule has 27 heavy (non-hydrogen) atoms. The zero-order chi connectivity index (χ0) is 19.4. The van der Waals surface area contributed by atoms with Gasteiger partial charge >= 0.3 is 0 Å². The van der Waals surface area contributed by atoms with E-state index in [2.05, 4.69) is 10.3 Å². The topological polar surface area (TPSA) is 84.2 Å². The van der Waals surface area contributed by atoms with Crippen molar-refractivity contribution in [2.24, 2.45) is 0 Å². The highest BCUT2D eigenvalue weighted by molar-refractivity contribution is 6.30. The summed E-state index contributed by atoms with van der Waals surface area (Å²) in [5, 5.41) is 12.9. The number of nitrogens with one attached hydrogen (secondary N) is 1. The maximum Gasteiger partial charge on any atom is 0.257 e. The van der Waals surface area contributed by atoms with E-state index in [-0.39, 0.29) is 37.1 Å². The molecule has 3 rings (SSSR count). The van der Waals surface area contributed by atoms with E-state index in [1.165, 1.54) is 4.57 Å². The minimum Gasteiger partial charge on any atom is -0.396 e. The number of carbonyl (C=O) groups is 1. The van der Waals surface area contributed by atoms with Gasteiger partial charge in [0.15, 0.2) is 0 Å². The Morgan fingerprint density at radius 2 is 1.96 bits per heavy atom. The van der Waals surface area contributed by atoms with Gasteiger partial charge in [-0.2, -0.15) is 0 Å². The van der Waals surface area contributed by atoms with E-state index in [0.717, 1.165) is 25.7 Å². The van der Waals surface area contributed by atoms with Gasteiger partial charge in [-0.25, -0.2) is 4.98 Å². The molecule has 0 spiro atoms. The highest BCUT2D eigenvalue weighted by atomic mass is 35.5. The summed E-state index contributed by atoms with van der Waals surface area (Å²) in [5.74, 6) is 0.234. The Labute approximate surface area is 163 Å². The number of carbonyl (C=O) groups excluding carboxylic acids is 1. The summed E-state index contributed by atoms with van der Waals surface area (Å²) in [5.41, 5.74) is 1.42. The van der Waals surface area contributed by atoms with Gasteiger partial charge in [0, 0.05) is 40.9 Å². The highest BCUT2D eigenvalue weighted by Gasteiger charge is 2.21. The summed E-state index contributed by atoms with van der Waals surface area (Å²) in [6.45, 7) is 1.50. The number of hydrogen-bond acceptors (Lipinski definition) is 4. The van der Waals surface area contributed by atoms with Gasteiger partial charge in [-0.15, -0.1) is 0 Å². The third-order valence-corrected chi connectivity index (χ3v) is 5.21. The zero-order valence-corrected chi connectivity index (χ0v) is 16.1. The van der Waals surface area contributed by atoms with Gasteiger partial charge in [0.05, 0.1) is 0 Å². The van der Waals surface area contributed by atoms with Gasteiger partial charge in [0.25, 0.3) is 5.56 Å². The van der Waals surface area contributed by atoms with Crippen LogP contribution in [0.25, 0.3) is 11.4 Å². The number of aliphatic hydroxyl groups is 1. The number of nitrogens with zero attached hydrogens (tertiary/aromatic N) is 2. The maximum absolute atomic E-state index is 13.0.